The van der Waals surface area contributed by atoms with Crippen LogP contribution < -0.4 is 5.73 Å². The first kappa shape index (κ1) is 12.4. The van der Waals surface area contributed by atoms with Crippen LogP contribution in [0.4, 0.5) is 0 Å². The third-order valence-corrected chi connectivity index (χ3v) is 2.10. The highest BCUT2D eigenvalue weighted by Gasteiger charge is 1.95. The average Bonchev–Trinajstić information content (AvgIpc) is 2.16. The Morgan fingerprint density at radius 1 is 1.08 bits per heavy atom. The second kappa shape index (κ2) is 9.46. The van der Waals surface area contributed by atoms with E-state index in [4.69, 9.17) is 5.73 Å². The van der Waals surface area contributed by atoms with Gasteiger partial charge in [-0.2, -0.15) is 0 Å². The van der Waals surface area contributed by atoms with E-state index in [-0.39, 0.29) is 5.78 Å². The molecule has 0 fully saturated rings. The number of unbranched alkanes of at least 4 members (excludes halogenated alkanes) is 5. The lowest BCUT2D eigenvalue weighted by Crippen LogP contribution is -1.97. The topological polar surface area (TPSA) is 43.1 Å². The second-order valence-corrected chi connectivity index (χ2v) is 3.33. The Labute approximate surface area is 81.2 Å². The van der Waals surface area contributed by atoms with E-state index < -0.39 is 0 Å². The van der Waals surface area contributed by atoms with Crippen LogP contribution in [0.15, 0.2) is 12.7 Å². The lowest BCUT2D eigenvalue weighted by Gasteiger charge is -1.99. The van der Waals surface area contributed by atoms with Gasteiger partial charge >= 0.3 is 0 Å². The zero-order chi connectivity index (χ0) is 9.94. The van der Waals surface area contributed by atoms with Gasteiger partial charge in [-0.1, -0.05) is 32.3 Å². The molecule has 0 spiro atoms. The molecule has 0 unspecified atom stereocenters. The van der Waals surface area contributed by atoms with E-state index in [0.29, 0.717) is 6.42 Å². The molecule has 0 bridgehead atoms. The zero-order valence-electron chi connectivity index (χ0n) is 8.43. The molecule has 0 amide bonds. The van der Waals surface area contributed by atoms with Gasteiger partial charge in [-0.15, -0.1) is 0 Å². The van der Waals surface area contributed by atoms with Gasteiger partial charge in [-0.05, 0) is 25.5 Å². The summed E-state index contributed by atoms with van der Waals surface area (Å²) >= 11 is 0. The second-order valence-electron chi connectivity index (χ2n) is 3.33. The first-order valence-corrected chi connectivity index (χ1v) is 5.16. The van der Waals surface area contributed by atoms with Gasteiger partial charge in [-0.25, -0.2) is 0 Å². The van der Waals surface area contributed by atoms with Crippen molar-refractivity contribution in [1.82, 2.24) is 0 Å². The normalized spacial score (nSPS) is 9.92. The molecular weight excluding hydrogens is 162 g/mol. The summed E-state index contributed by atoms with van der Waals surface area (Å²) in [7, 11) is 0. The molecule has 0 saturated heterocycles. The summed E-state index contributed by atoms with van der Waals surface area (Å²) in [4.78, 5) is 10.8. The van der Waals surface area contributed by atoms with Crippen molar-refractivity contribution in [2.75, 3.05) is 6.54 Å². The largest absolute Gasteiger partial charge is 0.330 e. The Morgan fingerprint density at radius 2 is 1.62 bits per heavy atom. The van der Waals surface area contributed by atoms with Crippen LogP contribution in [0.1, 0.15) is 44.9 Å². The number of rotatable bonds is 9. The van der Waals surface area contributed by atoms with Gasteiger partial charge in [0.1, 0.15) is 0 Å². The molecule has 0 saturated carbocycles. The maximum atomic E-state index is 10.8. The van der Waals surface area contributed by atoms with Crippen LogP contribution >= 0.6 is 0 Å². The number of hydrogen-bond donors (Lipinski definition) is 1. The smallest absolute Gasteiger partial charge is 0.155 e. The summed E-state index contributed by atoms with van der Waals surface area (Å²) in [5.41, 5.74) is 5.37. The van der Waals surface area contributed by atoms with Crippen molar-refractivity contribution in [2.45, 2.75) is 44.9 Å². The Kier molecular flexibility index (Phi) is 9.00. The predicted octanol–water partition coefficient (Wildman–Crippen LogP) is 2.43. The Morgan fingerprint density at radius 3 is 2.15 bits per heavy atom. The lowest BCUT2D eigenvalue weighted by atomic mass is 10.1. The number of ketones is 1. The van der Waals surface area contributed by atoms with E-state index in [0.717, 1.165) is 25.8 Å². The number of allylic oxidation sites excluding steroid dienone is 1. The number of hydrogen-bond acceptors (Lipinski definition) is 2. The van der Waals surface area contributed by atoms with Crippen molar-refractivity contribution in [3.8, 4) is 0 Å². The summed E-state index contributed by atoms with van der Waals surface area (Å²) in [5, 5.41) is 0. The van der Waals surface area contributed by atoms with Crippen LogP contribution in [0.3, 0.4) is 0 Å². The van der Waals surface area contributed by atoms with E-state index in [1.807, 2.05) is 0 Å². The van der Waals surface area contributed by atoms with Crippen molar-refractivity contribution in [3.05, 3.63) is 12.7 Å². The predicted molar refractivity (Wildman–Crippen MR) is 56.6 cm³/mol. The summed E-state index contributed by atoms with van der Waals surface area (Å²) in [6, 6.07) is 0. The standard InChI is InChI=1S/C11H21NO/c1-2-11(13)9-7-5-3-4-6-8-10-12/h2H,1,3-10,12H2. The minimum atomic E-state index is 0.168. The molecule has 0 aliphatic heterocycles. The minimum absolute atomic E-state index is 0.168. The van der Waals surface area contributed by atoms with Crippen molar-refractivity contribution in [1.29, 1.82) is 0 Å². The Bertz CT molecular complexity index is 143. The first-order valence-electron chi connectivity index (χ1n) is 5.16. The third kappa shape index (κ3) is 9.28. The van der Waals surface area contributed by atoms with Crippen LogP contribution in [0.25, 0.3) is 0 Å². The molecule has 0 radical (unpaired) electrons. The maximum absolute atomic E-state index is 10.8. The molecule has 76 valence electrons. The molecule has 13 heavy (non-hydrogen) atoms. The van der Waals surface area contributed by atoms with Gasteiger partial charge in [-0.3, -0.25) is 4.79 Å². The number of carbonyl (C=O) groups excluding carboxylic acids is 1. The fourth-order valence-electron chi connectivity index (χ4n) is 1.25. The van der Waals surface area contributed by atoms with E-state index in [2.05, 4.69) is 6.58 Å². The van der Waals surface area contributed by atoms with Crippen molar-refractivity contribution in [2.24, 2.45) is 5.73 Å². The SMILES string of the molecule is C=CC(=O)CCCCCCCCN. The van der Waals surface area contributed by atoms with Crippen molar-refractivity contribution in [3.63, 3.8) is 0 Å². The molecule has 0 aliphatic rings. The van der Waals surface area contributed by atoms with Gasteiger partial charge in [0.05, 0.1) is 0 Å². The van der Waals surface area contributed by atoms with Crippen molar-refractivity contribution < 1.29 is 4.79 Å². The highest BCUT2D eigenvalue weighted by atomic mass is 16.1. The molecule has 2 nitrogen and oxygen atoms in total. The van der Waals surface area contributed by atoms with Gasteiger partial charge in [0.2, 0.25) is 0 Å². The maximum Gasteiger partial charge on any atom is 0.155 e. The van der Waals surface area contributed by atoms with Crippen LogP contribution in [0.2, 0.25) is 0 Å². The van der Waals surface area contributed by atoms with Crippen LogP contribution in [-0.4, -0.2) is 12.3 Å². The summed E-state index contributed by atoms with van der Waals surface area (Å²) in [6.07, 6.45) is 9.08. The van der Waals surface area contributed by atoms with Gasteiger partial charge < -0.3 is 5.73 Å². The Hall–Kier alpha value is -0.630. The van der Waals surface area contributed by atoms with E-state index in [1.54, 1.807) is 0 Å². The summed E-state index contributed by atoms with van der Waals surface area (Å²) in [5.74, 6) is 0.168. The van der Waals surface area contributed by atoms with E-state index >= 15 is 0 Å². The Balaban J connectivity index is 2.99. The highest BCUT2D eigenvalue weighted by Crippen LogP contribution is 2.06. The van der Waals surface area contributed by atoms with E-state index in [1.165, 1.54) is 25.3 Å². The lowest BCUT2D eigenvalue weighted by molar-refractivity contribution is -0.114. The number of nitrogens with two attached hydrogens (primary N) is 1. The minimum Gasteiger partial charge on any atom is -0.330 e. The molecule has 0 aromatic rings. The van der Waals surface area contributed by atoms with Crippen LogP contribution in [-0.2, 0) is 4.79 Å². The average molecular weight is 183 g/mol. The fourth-order valence-corrected chi connectivity index (χ4v) is 1.25. The molecule has 0 aromatic carbocycles. The molecule has 0 rings (SSSR count). The van der Waals surface area contributed by atoms with Gasteiger partial charge in [0, 0.05) is 6.42 Å². The molecular formula is C11H21NO. The van der Waals surface area contributed by atoms with Crippen LogP contribution in [0, 0.1) is 0 Å². The third-order valence-electron chi connectivity index (χ3n) is 2.10. The highest BCUT2D eigenvalue weighted by molar-refractivity contribution is 5.88. The van der Waals surface area contributed by atoms with Gasteiger partial charge in [0.25, 0.3) is 0 Å². The number of carbonyl (C=O) groups is 1. The van der Waals surface area contributed by atoms with E-state index in [9.17, 15) is 4.79 Å². The summed E-state index contributed by atoms with van der Waals surface area (Å²) < 4.78 is 0. The van der Waals surface area contributed by atoms with Crippen LogP contribution in [0.5, 0.6) is 0 Å². The molecule has 0 aliphatic carbocycles. The zero-order valence-corrected chi connectivity index (χ0v) is 8.43. The molecule has 0 heterocycles. The molecule has 2 heteroatoms. The molecule has 0 aromatic heterocycles. The van der Waals surface area contributed by atoms with Gasteiger partial charge in [0.15, 0.2) is 5.78 Å². The van der Waals surface area contributed by atoms with Crippen molar-refractivity contribution >= 4 is 5.78 Å². The molecule has 0 atom stereocenters. The molecule has 2 N–H and O–H groups in total. The quantitative estimate of drug-likeness (QED) is 0.440. The monoisotopic (exact) mass is 183 g/mol. The summed E-state index contributed by atoms with van der Waals surface area (Å²) in [6.45, 7) is 4.24. The first-order chi connectivity index (χ1) is 6.31. The fraction of sp³-hybridized carbons (Fsp3) is 0.727.